The van der Waals surface area contributed by atoms with Gasteiger partial charge in [-0.1, -0.05) is 0 Å². The first-order valence-corrected chi connectivity index (χ1v) is 7.89. The summed E-state index contributed by atoms with van der Waals surface area (Å²) in [5, 5.41) is 3.37. The number of hydrogen-bond donors (Lipinski definition) is 1. The van der Waals surface area contributed by atoms with Gasteiger partial charge in [-0.2, -0.15) is 8.78 Å². The standard InChI is InChI=1S/C13H18F2N2O2S/c1-13(2)9-17(8-7-16-13)10-3-5-11(6-4-10)20(18,19)12(14)15/h3-6,12,16H,7-9H2,1-2H3. The van der Waals surface area contributed by atoms with Gasteiger partial charge in [0, 0.05) is 30.9 Å². The molecule has 0 unspecified atom stereocenters. The summed E-state index contributed by atoms with van der Waals surface area (Å²) < 4.78 is 47.6. The van der Waals surface area contributed by atoms with E-state index >= 15 is 0 Å². The highest BCUT2D eigenvalue weighted by molar-refractivity contribution is 7.91. The van der Waals surface area contributed by atoms with Crippen molar-refractivity contribution >= 4 is 15.5 Å². The first-order valence-electron chi connectivity index (χ1n) is 6.34. The molecule has 1 aliphatic rings. The summed E-state index contributed by atoms with van der Waals surface area (Å²) >= 11 is 0. The highest BCUT2D eigenvalue weighted by Gasteiger charge is 2.28. The van der Waals surface area contributed by atoms with Crippen LogP contribution in [0.3, 0.4) is 0 Å². The van der Waals surface area contributed by atoms with Gasteiger partial charge in [-0.25, -0.2) is 8.42 Å². The van der Waals surface area contributed by atoms with Gasteiger partial charge in [-0.3, -0.25) is 0 Å². The summed E-state index contributed by atoms with van der Waals surface area (Å²) in [7, 11) is -4.51. The first-order chi connectivity index (χ1) is 9.22. The van der Waals surface area contributed by atoms with Gasteiger partial charge in [0.1, 0.15) is 0 Å². The average Bonchev–Trinajstić information content (AvgIpc) is 2.37. The van der Waals surface area contributed by atoms with Gasteiger partial charge in [0.2, 0.25) is 9.84 Å². The topological polar surface area (TPSA) is 49.4 Å². The van der Waals surface area contributed by atoms with Crippen molar-refractivity contribution in [1.82, 2.24) is 5.32 Å². The van der Waals surface area contributed by atoms with E-state index in [4.69, 9.17) is 0 Å². The number of benzene rings is 1. The molecule has 1 aromatic carbocycles. The number of nitrogens with zero attached hydrogens (tertiary/aromatic N) is 1. The van der Waals surface area contributed by atoms with E-state index in [1.807, 2.05) is 0 Å². The second-order valence-corrected chi connectivity index (χ2v) is 7.45. The second-order valence-electron chi connectivity index (χ2n) is 5.53. The average molecular weight is 304 g/mol. The van der Waals surface area contributed by atoms with Crippen LogP contribution in [-0.2, 0) is 9.84 Å². The Morgan fingerprint density at radius 3 is 2.35 bits per heavy atom. The molecule has 7 heteroatoms. The van der Waals surface area contributed by atoms with Gasteiger partial charge in [0.25, 0.3) is 0 Å². The summed E-state index contributed by atoms with van der Waals surface area (Å²) in [6, 6.07) is 5.64. The van der Waals surface area contributed by atoms with Gasteiger partial charge in [0.15, 0.2) is 0 Å². The molecule has 0 amide bonds. The Bertz CT molecular complexity index is 571. The maximum atomic E-state index is 12.4. The van der Waals surface area contributed by atoms with Crippen molar-refractivity contribution in [3.63, 3.8) is 0 Å². The van der Waals surface area contributed by atoms with E-state index in [9.17, 15) is 17.2 Å². The third-order valence-electron chi connectivity index (χ3n) is 3.34. The minimum absolute atomic E-state index is 0.0357. The summed E-state index contributed by atoms with van der Waals surface area (Å²) in [6.07, 6.45) is 0. The molecule has 112 valence electrons. The third-order valence-corrected chi connectivity index (χ3v) is 4.73. The maximum absolute atomic E-state index is 12.4. The molecule has 1 heterocycles. The lowest BCUT2D eigenvalue weighted by Gasteiger charge is -2.40. The van der Waals surface area contributed by atoms with Crippen LogP contribution >= 0.6 is 0 Å². The lowest BCUT2D eigenvalue weighted by Crippen LogP contribution is -2.57. The number of rotatable bonds is 3. The number of halogens is 2. The number of alkyl halides is 2. The number of hydrogen-bond acceptors (Lipinski definition) is 4. The molecule has 1 fully saturated rings. The van der Waals surface area contributed by atoms with Crippen LogP contribution in [0.2, 0.25) is 0 Å². The fourth-order valence-corrected chi connectivity index (χ4v) is 3.03. The normalized spacial score (nSPS) is 19.4. The SMILES string of the molecule is CC1(C)CN(c2ccc(S(=O)(=O)C(F)F)cc2)CCN1. The molecule has 1 N–H and O–H groups in total. The van der Waals surface area contributed by atoms with Crippen molar-refractivity contribution in [3.8, 4) is 0 Å². The summed E-state index contributed by atoms with van der Waals surface area (Å²) in [5.41, 5.74) is 0.805. The monoisotopic (exact) mass is 304 g/mol. The van der Waals surface area contributed by atoms with Crippen molar-refractivity contribution < 1.29 is 17.2 Å². The number of anilines is 1. The zero-order valence-corrected chi connectivity index (χ0v) is 12.3. The number of sulfone groups is 1. The summed E-state index contributed by atoms with van der Waals surface area (Å²) in [5.74, 6) is -3.38. The summed E-state index contributed by atoms with van der Waals surface area (Å²) in [6.45, 7) is 6.55. The Balaban J connectivity index is 2.21. The Morgan fingerprint density at radius 1 is 1.25 bits per heavy atom. The quantitative estimate of drug-likeness (QED) is 0.926. The third kappa shape index (κ3) is 3.09. The van der Waals surface area contributed by atoms with E-state index in [0.717, 1.165) is 25.3 Å². The highest BCUT2D eigenvalue weighted by Crippen LogP contribution is 2.24. The van der Waals surface area contributed by atoms with Crippen LogP contribution in [-0.4, -0.2) is 39.3 Å². The Kier molecular flexibility index (Phi) is 4.02. The van der Waals surface area contributed by atoms with Gasteiger partial charge in [-0.15, -0.1) is 0 Å². The molecule has 0 radical (unpaired) electrons. The van der Waals surface area contributed by atoms with Crippen molar-refractivity contribution in [2.45, 2.75) is 30.0 Å². The molecule has 1 aliphatic heterocycles. The van der Waals surface area contributed by atoms with Crippen LogP contribution in [0.25, 0.3) is 0 Å². The molecular weight excluding hydrogens is 286 g/mol. The lowest BCUT2D eigenvalue weighted by molar-refractivity contribution is 0.234. The molecule has 1 aromatic rings. The summed E-state index contributed by atoms with van der Waals surface area (Å²) in [4.78, 5) is 1.76. The smallest absolute Gasteiger partial charge is 0.341 e. The Hall–Kier alpha value is -1.21. The van der Waals surface area contributed by atoms with Crippen molar-refractivity contribution in [2.24, 2.45) is 0 Å². The predicted octanol–water partition coefficient (Wildman–Crippen LogP) is 1.87. The van der Waals surface area contributed by atoms with Gasteiger partial charge in [-0.05, 0) is 38.1 Å². The van der Waals surface area contributed by atoms with Crippen LogP contribution in [0.15, 0.2) is 29.2 Å². The molecule has 0 aliphatic carbocycles. The van der Waals surface area contributed by atoms with Gasteiger partial charge < -0.3 is 10.2 Å². The van der Waals surface area contributed by atoms with E-state index in [1.165, 1.54) is 12.1 Å². The Labute approximate surface area is 117 Å². The van der Waals surface area contributed by atoms with Crippen LogP contribution in [0.1, 0.15) is 13.8 Å². The zero-order valence-electron chi connectivity index (χ0n) is 11.4. The fourth-order valence-electron chi connectivity index (χ4n) is 2.31. The van der Waals surface area contributed by atoms with E-state index < -0.39 is 15.6 Å². The van der Waals surface area contributed by atoms with E-state index in [1.54, 1.807) is 12.1 Å². The largest absolute Gasteiger partial charge is 0.368 e. The molecule has 0 saturated carbocycles. The maximum Gasteiger partial charge on any atom is 0.341 e. The Morgan fingerprint density at radius 2 is 1.85 bits per heavy atom. The molecule has 2 rings (SSSR count). The second kappa shape index (κ2) is 5.29. The first kappa shape index (κ1) is 15.2. The van der Waals surface area contributed by atoms with Gasteiger partial charge in [0.05, 0.1) is 4.90 Å². The fraction of sp³-hybridized carbons (Fsp3) is 0.538. The minimum atomic E-state index is -4.51. The number of piperazine rings is 1. The van der Waals surface area contributed by atoms with Crippen molar-refractivity contribution in [2.75, 3.05) is 24.5 Å². The van der Waals surface area contributed by atoms with E-state index in [0.29, 0.717) is 0 Å². The minimum Gasteiger partial charge on any atom is -0.368 e. The molecule has 20 heavy (non-hydrogen) atoms. The number of nitrogens with one attached hydrogen (secondary N) is 1. The van der Waals surface area contributed by atoms with Crippen LogP contribution in [0, 0.1) is 0 Å². The lowest BCUT2D eigenvalue weighted by atomic mass is 10.0. The van der Waals surface area contributed by atoms with Crippen molar-refractivity contribution in [1.29, 1.82) is 0 Å². The van der Waals surface area contributed by atoms with E-state index in [-0.39, 0.29) is 10.4 Å². The molecule has 0 aromatic heterocycles. The van der Waals surface area contributed by atoms with Crippen LogP contribution in [0.5, 0.6) is 0 Å². The molecule has 0 bridgehead atoms. The van der Waals surface area contributed by atoms with Crippen LogP contribution < -0.4 is 10.2 Å². The van der Waals surface area contributed by atoms with E-state index in [2.05, 4.69) is 24.1 Å². The molecule has 0 atom stereocenters. The highest BCUT2D eigenvalue weighted by atomic mass is 32.2. The van der Waals surface area contributed by atoms with Crippen LogP contribution in [0.4, 0.5) is 14.5 Å². The molecule has 1 saturated heterocycles. The van der Waals surface area contributed by atoms with Gasteiger partial charge >= 0.3 is 5.76 Å². The van der Waals surface area contributed by atoms with Crippen molar-refractivity contribution in [3.05, 3.63) is 24.3 Å². The molecule has 0 spiro atoms. The molecular formula is C13H18F2N2O2S. The molecule has 4 nitrogen and oxygen atoms in total. The zero-order chi connectivity index (χ0) is 15.0. The predicted molar refractivity (Wildman–Crippen MR) is 73.9 cm³/mol.